The van der Waals surface area contributed by atoms with E-state index >= 15 is 0 Å². The summed E-state index contributed by atoms with van der Waals surface area (Å²) in [7, 11) is 0. The Kier molecular flexibility index (Phi) is 3.01. The number of non-ortho nitro benzene ring substituents is 1. The summed E-state index contributed by atoms with van der Waals surface area (Å²) in [5.74, 6) is 0. The molecule has 0 spiro atoms. The van der Waals surface area contributed by atoms with E-state index in [0.29, 0.717) is 12.1 Å². The molecule has 1 aromatic heterocycles. The van der Waals surface area contributed by atoms with E-state index in [1.54, 1.807) is 0 Å². The summed E-state index contributed by atoms with van der Waals surface area (Å²) in [5, 5.41) is 10.7. The van der Waals surface area contributed by atoms with Gasteiger partial charge in [-0.25, -0.2) is 4.98 Å². The van der Waals surface area contributed by atoms with Crippen LogP contribution in [0.1, 0.15) is 10.6 Å². The zero-order valence-corrected chi connectivity index (χ0v) is 10.1. The highest BCUT2D eigenvalue weighted by Crippen LogP contribution is 2.36. The van der Waals surface area contributed by atoms with E-state index < -0.39 is 33.3 Å². The smallest absolute Gasteiger partial charge is 0.267 e. The molecule has 0 saturated heterocycles. The molecule has 0 aliphatic rings. The fraction of sp³-hybridized carbons (Fsp3) is 0.200. The van der Waals surface area contributed by atoms with Gasteiger partial charge in [-0.3, -0.25) is 14.9 Å². The predicted octanol–water partition coefficient (Wildman–Crippen LogP) is 2.89. The summed E-state index contributed by atoms with van der Waals surface area (Å²) >= 11 is 0.810. The van der Waals surface area contributed by atoms with Gasteiger partial charge in [0.15, 0.2) is 0 Å². The van der Waals surface area contributed by atoms with Gasteiger partial charge in [-0.1, -0.05) is 0 Å². The monoisotopic (exact) mass is 290 g/mol. The Bertz CT molecular complexity index is 739. The summed E-state index contributed by atoms with van der Waals surface area (Å²) in [6, 6.07) is 1.02. The molecule has 1 aromatic carbocycles. The minimum Gasteiger partial charge on any atom is -0.267 e. The number of hydrogen-bond donors (Lipinski definition) is 0. The number of benzene rings is 1. The number of nitro groups is 1. The lowest BCUT2D eigenvalue weighted by atomic mass is 10.1. The lowest BCUT2D eigenvalue weighted by Crippen LogP contribution is -2.11. The number of halogens is 3. The van der Waals surface area contributed by atoms with Crippen LogP contribution in [-0.4, -0.2) is 9.91 Å². The van der Waals surface area contributed by atoms with E-state index in [1.165, 1.54) is 6.92 Å². The fourth-order valence-electron chi connectivity index (χ4n) is 1.55. The van der Waals surface area contributed by atoms with Crippen molar-refractivity contribution in [2.24, 2.45) is 0 Å². The van der Waals surface area contributed by atoms with Crippen molar-refractivity contribution in [3.63, 3.8) is 0 Å². The largest absolute Gasteiger partial charge is 0.416 e. The molecule has 0 radical (unpaired) electrons. The van der Waals surface area contributed by atoms with Crippen molar-refractivity contribution in [2.75, 3.05) is 0 Å². The van der Waals surface area contributed by atoms with Crippen molar-refractivity contribution in [2.45, 2.75) is 13.1 Å². The average molecular weight is 290 g/mol. The van der Waals surface area contributed by atoms with E-state index in [9.17, 15) is 28.1 Å². The van der Waals surface area contributed by atoms with Gasteiger partial charge in [0.2, 0.25) is 0 Å². The van der Waals surface area contributed by atoms with E-state index in [0.717, 1.165) is 11.3 Å². The zero-order valence-electron chi connectivity index (χ0n) is 9.32. The van der Waals surface area contributed by atoms with Crippen molar-refractivity contribution in [3.8, 4) is 0 Å². The van der Waals surface area contributed by atoms with Crippen LogP contribution in [0.3, 0.4) is 0 Å². The van der Waals surface area contributed by atoms with Gasteiger partial charge < -0.3 is 0 Å². The first-order chi connectivity index (χ1) is 8.70. The van der Waals surface area contributed by atoms with Crippen LogP contribution in [0.15, 0.2) is 16.9 Å². The molecule has 0 aliphatic carbocycles. The summed E-state index contributed by atoms with van der Waals surface area (Å²) < 4.78 is 37.8. The number of nitro benzene ring substituents is 1. The Hall–Kier alpha value is -2.03. The minimum atomic E-state index is -4.76. The molecule has 100 valence electrons. The molecule has 0 unspecified atom stereocenters. The van der Waals surface area contributed by atoms with Gasteiger partial charge in [-0.05, 0) is 13.0 Å². The van der Waals surface area contributed by atoms with Crippen LogP contribution in [0.25, 0.3) is 10.1 Å². The van der Waals surface area contributed by atoms with Crippen LogP contribution in [0.5, 0.6) is 0 Å². The molecule has 0 bridgehead atoms. The first-order valence-electron chi connectivity index (χ1n) is 4.87. The van der Waals surface area contributed by atoms with Crippen LogP contribution in [-0.2, 0) is 6.18 Å². The van der Waals surface area contributed by atoms with Gasteiger partial charge in [0.25, 0.3) is 11.2 Å². The van der Waals surface area contributed by atoms with Crippen molar-refractivity contribution in [1.29, 1.82) is 0 Å². The number of nitrogens with zero attached hydrogens (tertiary/aromatic N) is 2. The van der Waals surface area contributed by atoms with Crippen molar-refractivity contribution < 1.29 is 18.1 Å². The maximum atomic E-state index is 12.6. The molecule has 2 aromatic rings. The van der Waals surface area contributed by atoms with E-state index in [1.807, 2.05) is 0 Å². The third-order valence-corrected chi connectivity index (χ3v) is 3.35. The topological polar surface area (TPSA) is 73.1 Å². The average Bonchev–Trinajstić information content (AvgIpc) is 2.25. The maximum absolute atomic E-state index is 12.6. The summed E-state index contributed by atoms with van der Waals surface area (Å²) in [6.45, 7) is 1.45. The molecular formula is C10H5F3N2O3S. The number of fused-ring (bicyclic) bond motifs is 1. The molecule has 9 heteroatoms. The standard InChI is InChI=1S/C10H5F3N2O3S/c1-4-14-9(16)6-2-5(10(11,12)13)3-7(15(17)18)8(6)19-4/h2-3H,1H3. The summed E-state index contributed by atoms with van der Waals surface area (Å²) in [4.78, 5) is 25.0. The van der Waals surface area contributed by atoms with Crippen molar-refractivity contribution in [3.05, 3.63) is 43.2 Å². The number of alkyl halides is 3. The number of aromatic nitrogens is 1. The van der Waals surface area contributed by atoms with Gasteiger partial charge in [-0.2, -0.15) is 13.2 Å². The molecule has 0 amide bonds. The van der Waals surface area contributed by atoms with Crippen LogP contribution in [0, 0.1) is 17.0 Å². The minimum absolute atomic E-state index is 0.101. The molecule has 0 fully saturated rings. The lowest BCUT2D eigenvalue weighted by Gasteiger charge is -2.07. The molecule has 0 saturated carbocycles. The molecule has 0 N–H and O–H groups in total. The Morgan fingerprint density at radius 3 is 2.53 bits per heavy atom. The highest BCUT2D eigenvalue weighted by atomic mass is 32.1. The Morgan fingerprint density at radius 1 is 1.37 bits per heavy atom. The molecular weight excluding hydrogens is 285 g/mol. The molecule has 19 heavy (non-hydrogen) atoms. The molecule has 5 nitrogen and oxygen atoms in total. The maximum Gasteiger partial charge on any atom is 0.416 e. The third kappa shape index (κ3) is 2.41. The third-order valence-electron chi connectivity index (χ3n) is 2.33. The van der Waals surface area contributed by atoms with Crippen LogP contribution in [0.4, 0.5) is 18.9 Å². The van der Waals surface area contributed by atoms with E-state index in [2.05, 4.69) is 4.98 Å². The lowest BCUT2D eigenvalue weighted by molar-refractivity contribution is -0.383. The highest BCUT2D eigenvalue weighted by Gasteiger charge is 2.34. The first-order valence-corrected chi connectivity index (χ1v) is 5.69. The van der Waals surface area contributed by atoms with Crippen molar-refractivity contribution >= 4 is 27.1 Å². The fourth-order valence-corrected chi connectivity index (χ4v) is 2.47. The van der Waals surface area contributed by atoms with Crippen LogP contribution in [0.2, 0.25) is 0 Å². The number of hydrogen-bond acceptors (Lipinski definition) is 5. The number of rotatable bonds is 1. The highest BCUT2D eigenvalue weighted by molar-refractivity contribution is 7.18. The van der Waals surface area contributed by atoms with Gasteiger partial charge in [0.1, 0.15) is 4.70 Å². The van der Waals surface area contributed by atoms with E-state index in [4.69, 9.17) is 0 Å². The second kappa shape index (κ2) is 4.26. The van der Waals surface area contributed by atoms with E-state index in [-0.39, 0.29) is 9.71 Å². The van der Waals surface area contributed by atoms with Gasteiger partial charge in [0.05, 0.1) is 20.9 Å². The molecule has 1 heterocycles. The molecule has 0 atom stereocenters. The summed E-state index contributed by atoms with van der Waals surface area (Å²) in [5.41, 5.74) is -2.88. The quantitative estimate of drug-likeness (QED) is 0.598. The Labute approximate surface area is 107 Å². The first kappa shape index (κ1) is 13.4. The van der Waals surface area contributed by atoms with Crippen molar-refractivity contribution in [1.82, 2.24) is 4.98 Å². The second-order valence-electron chi connectivity index (χ2n) is 3.66. The predicted molar refractivity (Wildman–Crippen MR) is 62.3 cm³/mol. The Morgan fingerprint density at radius 2 is 2.00 bits per heavy atom. The molecule has 0 aliphatic heterocycles. The zero-order chi connectivity index (χ0) is 14.4. The normalized spacial score (nSPS) is 11.8. The van der Waals surface area contributed by atoms with Gasteiger partial charge in [-0.15, -0.1) is 11.3 Å². The van der Waals surface area contributed by atoms with Gasteiger partial charge in [0, 0.05) is 6.07 Å². The summed E-state index contributed by atoms with van der Waals surface area (Å²) in [6.07, 6.45) is -4.76. The second-order valence-corrected chi connectivity index (χ2v) is 4.87. The van der Waals surface area contributed by atoms with Crippen LogP contribution >= 0.6 is 11.3 Å². The number of aryl methyl sites for hydroxylation is 1. The van der Waals surface area contributed by atoms with Crippen LogP contribution < -0.4 is 5.56 Å². The van der Waals surface area contributed by atoms with Gasteiger partial charge >= 0.3 is 6.18 Å². The molecule has 2 rings (SSSR count). The SMILES string of the molecule is Cc1nc(=O)c2cc(C(F)(F)F)cc([N+](=O)[O-])c2s1. The Balaban J connectivity index is 2.96.